The highest BCUT2D eigenvalue weighted by atomic mass is 15.1. The van der Waals surface area contributed by atoms with E-state index in [0.717, 1.165) is 11.4 Å². The van der Waals surface area contributed by atoms with Crippen LogP contribution in [0.3, 0.4) is 0 Å². The van der Waals surface area contributed by atoms with Crippen LogP contribution in [0.5, 0.6) is 0 Å². The van der Waals surface area contributed by atoms with Crippen LogP contribution < -0.4 is 9.80 Å². The molecule has 0 saturated heterocycles. The third-order valence-electron chi connectivity index (χ3n) is 11.3. The summed E-state index contributed by atoms with van der Waals surface area (Å²) in [5.41, 5.74) is 25.3. The van der Waals surface area contributed by atoms with E-state index in [4.69, 9.17) is 0 Å². The quantitative estimate of drug-likeness (QED) is 0.162. The van der Waals surface area contributed by atoms with Crippen molar-refractivity contribution < 1.29 is 0 Å². The first-order chi connectivity index (χ1) is 25.7. The SMILES string of the molecule is CC.CC.Cc1cc(N(c2ccc(-c3ccc(N(c4cc(C)c(C)c(C)c4)c4cc(C)c(C)c(C)c4)cc3)cc2)c2cc(C)c(C)c(C)c2)cc(C)c1C. The van der Waals surface area contributed by atoms with Gasteiger partial charge in [0.05, 0.1) is 0 Å². The van der Waals surface area contributed by atoms with E-state index < -0.39 is 0 Å². The molecular weight excluding hydrogens is 653 g/mol. The first kappa shape index (κ1) is 41.7. The van der Waals surface area contributed by atoms with Gasteiger partial charge in [0.2, 0.25) is 0 Å². The average Bonchev–Trinajstić information content (AvgIpc) is 3.16. The highest BCUT2D eigenvalue weighted by Crippen LogP contribution is 2.41. The number of hydrogen-bond acceptors (Lipinski definition) is 2. The summed E-state index contributed by atoms with van der Waals surface area (Å²) in [6.07, 6.45) is 0. The molecule has 0 aliphatic heterocycles. The second-order valence-corrected chi connectivity index (χ2v) is 14.6. The van der Waals surface area contributed by atoms with Gasteiger partial charge in [0.25, 0.3) is 0 Å². The number of benzene rings is 6. The van der Waals surface area contributed by atoms with Crippen LogP contribution >= 0.6 is 0 Å². The van der Waals surface area contributed by atoms with Crippen molar-refractivity contribution in [2.45, 2.75) is 111 Å². The summed E-state index contributed by atoms with van der Waals surface area (Å²) in [4.78, 5) is 4.81. The van der Waals surface area contributed by atoms with E-state index in [-0.39, 0.29) is 0 Å². The summed E-state index contributed by atoms with van der Waals surface area (Å²) in [6, 6.07) is 36.6. The maximum atomic E-state index is 2.40. The lowest BCUT2D eigenvalue weighted by molar-refractivity contribution is 1.19. The van der Waals surface area contributed by atoms with Crippen molar-refractivity contribution in [1.29, 1.82) is 0 Å². The molecule has 0 aliphatic rings. The van der Waals surface area contributed by atoms with Gasteiger partial charge in [-0.05, 0) is 234 Å². The zero-order valence-corrected chi connectivity index (χ0v) is 36.1. The summed E-state index contributed by atoms with van der Waals surface area (Å²) < 4.78 is 0. The molecule has 0 bridgehead atoms. The zero-order valence-electron chi connectivity index (χ0n) is 36.1. The van der Waals surface area contributed by atoms with Crippen molar-refractivity contribution in [3.63, 3.8) is 0 Å². The minimum absolute atomic E-state index is 1.15. The van der Waals surface area contributed by atoms with E-state index in [1.54, 1.807) is 0 Å². The summed E-state index contributed by atoms with van der Waals surface area (Å²) in [6.45, 7) is 34.6. The Bertz CT molecular complexity index is 1850. The Labute approximate surface area is 328 Å². The predicted octanol–water partition coefficient (Wildman–Crippen LogP) is 16.0. The molecule has 0 atom stereocenters. The van der Waals surface area contributed by atoms with Gasteiger partial charge >= 0.3 is 0 Å². The second kappa shape index (κ2) is 17.8. The van der Waals surface area contributed by atoms with Crippen LogP contribution in [-0.4, -0.2) is 0 Å². The predicted molar refractivity (Wildman–Crippen MR) is 241 cm³/mol. The normalized spacial score (nSPS) is 10.6. The third kappa shape index (κ3) is 8.65. The fourth-order valence-electron chi connectivity index (χ4n) is 7.07. The van der Waals surface area contributed by atoms with E-state index >= 15 is 0 Å². The maximum absolute atomic E-state index is 2.40. The molecule has 0 fully saturated rings. The molecule has 6 rings (SSSR count). The molecule has 0 heterocycles. The molecule has 2 heteroatoms. The van der Waals surface area contributed by atoms with Crippen LogP contribution in [0.15, 0.2) is 97.1 Å². The maximum Gasteiger partial charge on any atom is 0.0467 e. The molecule has 0 radical (unpaired) electrons. The van der Waals surface area contributed by atoms with Crippen LogP contribution in [0.2, 0.25) is 0 Å². The van der Waals surface area contributed by atoms with Gasteiger partial charge < -0.3 is 9.80 Å². The number of anilines is 6. The molecule has 0 unspecified atom stereocenters. The largest absolute Gasteiger partial charge is 0.310 e. The molecule has 0 N–H and O–H groups in total. The average molecular weight is 717 g/mol. The fourth-order valence-corrected chi connectivity index (χ4v) is 7.07. The lowest BCUT2D eigenvalue weighted by Gasteiger charge is -2.28. The number of rotatable bonds is 7. The summed E-state index contributed by atoms with van der Waals surface area (Å²) in [5, 5.41) is 0. The molecule has 0 spiro atoms. The number of nitrogens with zero attached hydrogens (tertiary/aromatic N) is 2. The molecule has 0 aliphatic carbocycles. The minimum Gasteiger partial charge on any atom is -0.310 e. The van der Waals surface area contributed by atoms with Crippen LogP contribution in [-0.2, 0) is 0 Å². The van der Waals surface area contributed by atoms with Gasteiger partial charge in [-0.3, -0.25) is 0 Å². The minimum atomic E-state index is 1.15. The van der Waals surface area contributed by atoms with Gasteiger partial charge in [-0.25, -0.2) is 0 Å². The van der Waals surface area contributed by atoms with Crippen molar-refractivity contribution >= 4 is 34.1 Å². The summed E-state index contributed by atoms with van der Waals surface area (Å²) in [5.74, 6) is 0. The summed E-state index contributed by atoms with van der Waals surface area (Å²) >= 11 is 0. The first-order valence-electron chi connectivity index (χ1n) is 19.9. The lowest BCUT2D eigenvalue weighted by Crippen LogP contribution is -2.12. The lowest BCUT2D eigenvalue weighted by atomic mass is 9.99. The van der Waals surface area contributed by atoms with Crippen LogP contribution in [0.4, 0.5) is 34.1 Å². The topological polar surface area (TPSA) is 6.48 Å². The Balaban J connectivity index is 0.00000157. The van der Waals surface area contributed by atoms with Gasteiger partial charge in [0.15, 0.2) is 0 Å². The van der Waals surface area contributed by atoms with Crippen LogP contribution in [0.1, 0.15) is 94.5 Å². The van der Waals surface area contributed by atoms with Crippen LogP contribution in [0.25, 0.3) is 11.1 Å². The number of hydrogen-bond donors (Lipinski definition) is 0. The Hall–Kier alpha value is -5.08. The van der Waals surface area contributed by atoms with E-state index in [1.165, 1.54) is 101 Å². The van der Waals surface area contributed by atoms with Crippen LogP contribution in [0, 0.1) is 83.1 Å². The molecule has 6 aromatic rings. The van der Waals surface area contributed by atoms with Crippen molar-refractivity contribution in [3.05, 3.63) is 164 Å². The van der Waals surface area contributed by atoms with E-state index in [2.05, 4.69) is 190 Å². The molecular formula is C52H64N2. The van der Waals surface area contributed by atoms with Gasteiger partial charge in [-0.2, -0.15) is 0 Å². The molecule has 6 aromatic carbocycles. The smallest absolute Gasteiger partial charge is 0.0467 e. The van der Waals surface area contributed by atoms with Gasteiger partial charge in [-0.1, -0.05) is 52.0 Å². The summed E-state index contributed by atoms with van der Waals surface area (Å²) in [7, 11) is 0. The monoisotopic (exact) mass is 717 g/mol. The molecule has 0 saturated carbocycles. The number of aryl methyl sites for hydroxylation is 8. The Morgan fingerprint density at radius 2 is 0.407 bits per heavy atom. The molecule has 0 aromatic heterocycles. The van der Waals surface area contributed by atoms with Gasteiger partial charge in [-0.15, -0.1) is 0 Å². The van der Waals surface area contributed by atoms with Gasteiger partial charge in [0, 0.05) is 34.1 Å². The Kier molecular flexibility index (Phi) is 13.8. The third-order valence-corrected chi connectivity index (χ3v) is 11.3. The first-order valence-corrected chi connectivity index (χ1v) is 19.9. The van der Waals surface area contributed by atoms with Crippen molar-refractivity contribution in [2.24, 2.45) is 0 Å². The second-order valence-electron chi connectivity index (χ2n) is 14.6. The van der Waals surface area contributed by atoms with E-state index in [9.17, 15) is 0 Å². The standard InChI is InChI=1S/C48H52N2.2C2H6/c1-29-21-45(22-30(2)37(29)9)49(46-23-31(3)38(10)32(4)24-46)43-17-13-41(14-18-43)42-15-19-44(20-16-42)50(47-25-33(5)39(11)34(6)26-47)48-27-35(7)40(12)36(8)28-48;2*1-2/h13-28H,1-12H3;2*1-2H3. The highest BCUT2D eigenvalue weighted by molar-refractivity contribution is 5.82. The highest BCUT2D eigenvalue weighted by Gasteiger charge is 2.18. The molecule has 2 nitrogen and oxygen atoms in total. The van der Waals surface area contributed by atoms with E-state index in [0.29, 0.717) is 0 Å². The Morgan fingerprint density at radius 3 is 0.574 bits per heavy atom. The van der Waals surface area contributed by atoms with Crippen molar-refractivity contribution in [1.82, 2.24) is 0 Å². The molecule has 0 amide bonds. The van der Waals surface area contributed by atoms with Gasteiger partial charge in [0.1, 0.15) is 0 Å². The van der Waals surface area contributed by atoms with Crippen molar-refractivity contribution in [3.8, 4) is 11.1 Å². The molecule has 54 heavy (non-hydrogen) atoms. The molecule has 282 valence electrons. The van der Waals surface area contributed by atoms with Crippen molar-refractivity contribution in [2.75, 3.05) is 9.80 Å². The van der Waals surface area contributed by atoms with E-state index in [1.807, 2.05) is 27.7 Å². The zero-order chi connectivity index (χ0) is 40.0. The Morgan fingerprint density at radius 1 is 0.241 bits per heavy atom. The fraction of sp³-hybridized carbons (Fsp3) is 0.308.